The fraction of sp³-hybridized carbons (Fsp3) is 0.333. The molecule has 4 rings (SSSR count). The first-order valence-corrected chi connectivity index (χ1v) is 9.72. The molecule has 0 aliphatic carbocycles. The van der Waals surface area contributed by atoms with E-state index < -0.39 is 0 Å². The number of nitrogens with two attached hydrogens (primary N) is 1. The van der Waals surface area contributed by atoms with E-state index in [0.717, 1.165) is 30.6 Å². The zero-order valence-corrected chi connectivity index (χ0v) is 16.6. The van der Waals surface area contributed by atoms with Gasteiger partial charge in [0.25, 0.3) is 6.47 Å². The summed E-state index contributed by atoms with van der Waals surface area (Å²) in [6.07, 6.45) is 1.85. The fourth-order valence-electron chi connectivity index (χ4n) is 4.01. The lowest BCUT2D eigenvalue weighted by molar-refractivity contribution is -0.120. The first-order chi connectivity index (χ1) is 14.5. The molecule has 1 saturated heterocycles. The molecule has 9 heteroatoms. The number of piperidine rings is 1. The molecule has 1 fully saturated rings. The summed E-state index contributed by atoms with van der Waals surface area (Å²) in [7, 11) is 1.63. The van der Waals surface area contributed by atoms with Crippen molar-refractivity contribution in [2.75, 3.05) is 18.0 Å². The van der Waals surface area contributed by atoms with Crippen molar-refractivity contribution in [2.24, 2.45) is 12.8 Å². The topological polar surface area (TPSA) is 119 Å². The van der Waals surface area contributed by atoms with Crippen molar-refractivity contribution in [3.63, 3.8) is 0 Å². The van der Waals surface area contributed by atoms with Gasteiger partial charge in [-0.25, -0.2) is 4.79 Å². The number of anilines is 1. The third-order valence-electron chi connectivity index (χ3n) is 5.47. The number of aromatic nitrogens is 3. The Morgan fingerprint density at radius 2 is 2.20 bits per heavy atom. The van der Waals surface area contributed by atoms with Crippen LogP contribution in [0, 0.1) is 11.3 Å². The highest BCUT2D eigenvalue weighted by atomic mass is 16.5. The molecule has 0 saturated carbocycles. The van der Waals surface area contributed by atoms with Crippen LogP contribution in [0.15, 0.2) is 35.1 Å². The highest BCUT2D eigenvalue weighted by Crippen LogP contribution is 2.31. The minimum atomic E-state index is -0.268. The van der Waals surface area contributed by atoms with Crippen LogP contribution >= 0.6 is 0 Å². The van der Waals surface area contributed by atoms with Gasteiger partial charge >= 0.3 is 5.69 Å². The van der Waals surface area contributed by atoms with Crippen molar-refractivity contribution >= 4 is 23.3 Å². The van der Waals surface area contributed by atoms with Gasteiger partial charge in [-0.15, -0.1) is 0 Å². The normalized spacial score (nSPS) is 16.4. The van der Waals surface area contributed by atoms with E-state index in [0.29, 0.717) is 29.7 Å². The van der Waals surface area contributed by atoms with Gasteiger partial charge in [0, 0.05) is 32.2 Å². The van der Waals surface area contributed by atoms with Gasteiger partial charge in [-0.3, -0.25) is 13.9 Å². The van der Waals surface area contributed by atoms with E-state index in [9.17, 15) is 14.9 Å². The summed E-state index contributed by atoms with van der Waals surface area (Å²) in [5.41, 5.74) is 8.93. The Balaban J connectivity index is 1.94. The lowest BCUT2D eigenvalue weighted by Gasteiger charge is -2.33. The summed E-state index contributed by atoms with van der Waals surface area (Å²) in [5.74, 6) is 0.122. The summed E-state index contributed by atoms with van der Waals surface area (Å²) in [6.45, 7) is 1.93. The van der Waals surface area contributed by atoms with Crippen LogP contribution in [0.4, 0.5) is 5.69 Å². The highest BCUT2D eigenvalue weighted by Gasteiger charge is 2.25. The van der Waals surface area contributed by atoms with Crippen molar-refractivity contribution in [3.8, 4) is 11.9 Å². The largest absolute Gasteiger partial charge is 0.410 e. The van der Waals surface area contributed by atoms with E-state index in [1.54, 1.807) is 29.8 Å². The second kappa shape index (κ2) is 8.00. The molecular formula is C21H22N6O3. The number of hydrogen-bond acceptors (Lipinski definition) is 7. The zero-order chi connectivity index (χ0) is 21.3. The van der Waals surface area contributed by atoms with E-state index in [-0.39, 0.29) is 24.2 Å². The fourth-order valence-corrected chi connectivity index (χ4v) is 4.01. The molecule has 0 spiro atoms. The molecule has 2 aromatic heterocycles. The SMILES string of the molecule is Cn1c(=O)n(Cc2ccccc2C#N)c2c(N3CCC[C@@H](N)C3)cc(OC=O)nc21. The van der Waals surface area contributed by atoms with E-state index in [1.807, 2.05) is 12.1 Å². The number of ether oxygens (including phenoxy) is 1. The van der Waals surface area contributed by atoms with Crippen LogP contribution in [0.3, 0.4) is 0 Å². The number of hydrogen-bond donors (Lipinski definition) is 1. The second-order valence-electron chi connectivity index (χ2n) is 7.41. The minimum Gasteiger partial charge on any atom is -0.410 e. The number of benzene rings is 1. The number of carbonyl (C=O) groups excluding carboxylic acids is 1. The third kappa shape index (κ3) is 3.42. The van der Waals surface area contributed by atoms with Crippen molar-refractivity contribution < 1.29 is 9.53 Å². The van der Waals surface area contributed by atoms with Crippen LogP contribution in [0.2, 0.25) is 0 Å². The van der Waals surface area contributed by atoms with Gasteiger partial charge in [0.1, 0.15) is 5.52 Å². The first-order valence-electron chi connectivity index (χ1n) is 9.72. The summed E-state index contributed by atoms with van der Waals surface area (Å²) in [6, 6.07) is 11.0. The number of nitriles is 1. The Morgan fingerprint density at radius 1 is 1.40 bits per heavy atom. The Labute approximate surface area is 172 Å². The van der Waals surface area contributed by atoms with Gasteiger partial charge in [-0.05, 0) is 24.5 Å². The molecule has 1 atom stereocenters. The molecule has 3 aromatic rings. The zero-order valence-electron chi connectivity index (χ0n) is 16.6. The number of aryl methyl sites for hydroxylation is 1. The number of nitrogens with zero attached hydrogens (tertiary/aromatic N) is 5. The maximum absolute atomic E-state index is 13.1. The quantitative estimate of drug-likeness (QED) is 0.631. The van der Waals surface area contributed by atoms with Gasteiger partial charge in [0.05, 0.1) is 23.9 Å². The monoisotopic (exact) mass is 406 g/mol. The molecule has 154 valence electrons. The van der Waals surface area contributed by atoms with Crippen molar-refractivity contribution in [1.82, 2.24) is 14.1 Å². The Bertz CT molecular complexity index is 1210. The van der Waals surface area contributed by atoms with Gasteiger partial charge in [-0.1, -0.05) is 18.2 Å². The average molecular weight is 406 g/mol. The van der Waals surface area contributed by atoms with Crippen molar-refractivity contribution in [1.29, 1.82) is 5.26 Å². The standard InChI is InChI=1S/C21H22N6O3/c1-25-20-19(27(21(25)29)11-15-6-3-2-5-14(15)10-22)17(9-18(24-20)30-13-28)26-8-4-7-16(23)12-26/h2-3,5-6,9,13,16H,4,7-8,11-12,23H2,1H3/t16-/m1/s1. The Morgan fingerprint density at radius 3 is 2.93 bits per heavy atom. The van der Waals surface area contributed by atoms with E-state index >= 15 is 0 Å². The van der Waals surface area contributed by atoms with Crippen LogP contribution < -0.4 is 21.1 Å². The number of carbonyl (C=O) groups is 1. The number of pyridine rings is 1. The van der Waals surface area contributed by atoms with E-state index in [4.69, 9.17) is 10.5 Å². The number of fused-ring (bicyclic) bond motifs is 1. The molecule has 0 bridgehead atoms. The molecule has 1 aliphatic heterocycles. The lowest BCUT2D eigenvalue weighted by Crippen LogP contribution is -2.43. The molecule has 1 aromatic carbocycles. The van der Waals surface area contributed by atoms with Gasteiger partial charge in [-0.2, -0.15) is 10.2 Å². The van der Waals surface area contributed by atoms with Crippen LogP contribution in [-0.2, 0) is 18.4 Å². The van der Waals surface area contributed by atoms with Crippen LogP contribution in [0.25, 0.3) is 11.2 Å². The van der Waals surface area contributed by atoms with Crippen LogP contribution in [-0.4, -0.2) is 39.7 Å². The minimum absolute atomic E-state index is 0.0144. The molecule has 1 aliphatic rings. The molecule has 2 N–H and O–H groups in total. The number of rotatable bonds is 5. The Hall–Kier alpha value is -3.64. The molecule has 0 amide bonds. The third-order valence-corrected chi connectivity index (χ3v) is 5.47. The van der Waals surface area contributed by atoms with Crippen LogP contribution in [0.1, 0.15) is 24.0 Å². The van der Waals surface area contributed by atoms with Crippen LogP contribution in [0.5, 0.6) is 5.88 Å². The molecular weight excluding hydrogens is 384 g/mol. The molecule has 0 unspecified atom stereocenters. The Kier molecular flexibility index (Phi) is 5.25. The van der Waals surface area contributed by atoms with Gasteiger partial charge in [0.2, 0.25) is 5.88 Å². The van der Waals surface area contributed by atoms with Crippen molar-refractivity contribution in [2.45, 2.75) is 25.4 Å². The smallest absolute Gasteiger partial charge is 0.330 e. The van der Waals surface area contributed by atoms with E-state index in [1.165, 1.54) is 4.57 Å². The maximum Gasteiger partial charge on any atom is 0.330 e. The summed E-state index contributed by atoms with van der Waals surface area (Å²) >= 11 is 0. The van der Waals surface area contributed by atoms with E-state index in [2.05, 4.69) is 16.0 Å². The maximum atomic E-state index is 13.1. The number of imidazole rings is 1. The first kappa shape index (κ1) is 19.7. The molecule has 3 heterocycles. The van der Waals surface area contributed by atoms with Gasteiger partial charge in [0.15, 0.2) is 5.65 Å². The predicted molar refractivity (Wildman–Crippen MR) is 111 cm³/mol. The average Bonchev–Trinajstić information content (AvgIpc) is 2.99. The summed E-state index contributed by atoms with van der Waals surface area (Å²) in [4.78, 5) is 30.5. The second-order valence-corrected chi connectivity index (χ2v) is 7.41. The lowest BCUT2D eigenvalue weighted by atomic mass is 10.1. The van der Waals surface area contributed by atoms with Gasteiger partial charge < -0.3 is 15.4 Å². The molecule has 30 heavy (non-hydrogen) atoms. The van der Waals surface area contributed by atoms with Crippen molar-refractivity contribution in [3.05, 3.63) is 51.9 Å². The predicted octanol–water partition coefficient (Wildman–Crippen LogP) is 1.12. The summed E-state index contributed by atoms with van der Waals surface area (Å²) in [5, 5.41) is 9.44. The molecule has 9 nitrogen and oxygen atoms in total. The molecule has 0 radical (unpaired) electrons. The summed E-state index contributed by atoms with van der Waals surface area (Å²) < 4.78 is 8.05. The highest BCUT2D eigenvalue weighted by molar-refractivity contribution is 5.88.